The molecule has 1 atom stereocenters. The Hall–Kier alpha value is -0.660. The summed E-state index contributed by atoms with van der Waals surface area (Å²) >= 11 is 0. The molecule has 1 fully saturated rings. The molecule has 0 aliphatic carbocycles. The molecule has 7 heteroatoms. The van der Waals surface area contributed by atoms with Crippen LogP contribution in [0.2, 0.25) is 0 Å². The van der Waals surface area contributed by atoms with E-state index < -0.39 is 10.0 Å². The SMILES string of the molecule is CC(C)C(N)CCN(C)C(=O)CCCS(=O)(=O)N1CCCC1. The number of hydrogen-bond donors (Lipinski definition) is 1. The van der Waals surface area contributed by atoms with Gasteiger partial charge in [-0.1, -0.05) is 13.8 Å². The highest BCUT2D eigenvalue weighted by Gasteiger charge is 2.25. The summed E-state index contributed by atoms with van der Waals surface area (Å²) in [7, 11) is -1.42. The van der Waals surface area contributed by atoms with Crippen molar-refractivity contribution in [2.24, 2.45) is 11.7 Å². The van der Waals surface area contributed by atoms with Gasteiger partial charge in [0.25, 0.3) is 0 Å². The minimum Gasteiger partial charge on any atom is -0.346 e. The van der Waals surface area contributed by atoms with Gasteiger partial charge >= 0.3 is 0 Å². The maximum atomic E-state index is 12.1. The van der Waals surface area contributed by atoms with Crippen molar-refractivity contribution in [1.29, 1.82) is 0 Å². The lowest BCUT2D eigenvalue weighted by molar-refractivity contribution is -0.130. The van der Waals surface area contributed by atoms with Crippen LogP contribution in [0.1, 0.15) is 46.0 Å². The summed E-state index contributed by atoms with van der Waals surface area (Å²) in [6.45, 7) is 6.01. The number of sulfonamides is 1. The van der Waals surface area contributed by atoms with Crippen molar-refractivity contribution in [2.75, 3.05) is 32.4 Å². The van der Waals surface area contributed by atoms with Crippen molar-refractivity contribution < 1.29 is 13.2 Å². The zero-order valence-corrected chi connectivity index (χ0v) is 14.9. The Bertz CT molecular complexity index is 445. The molecule has 1 amide bonds. The van der Waals surface area contributed by atoms with Crippen LogP contribution in [-0.4, -0.2) is 62.0 Å². The summed E-state index contributed by atoms with van der Waals surface area (Å²) in [6.07, 6.45) is 3.32. The van der Waals surface area contributed by atoms with E-state index in [1.165, 1.54) is 0 Å². The van der Waals surface area contributed by atoms with E-state index >= 15 is 0 Å². The number of carbonyl (C=O) groups is 1. The van der Waals surface area contributed by atoms with E-state index in [0.29, 0.717) is 32.0 Å². The molecule has 1 aliphatic rings. The Morgan fingerprint density at radius 3 is 2.41 bits per heavy atom. The van der Waals surface area contributed by atoms with Crippen LogP contribution >= 0.6 is 0 Å². The van der Waals surface area contributed by atoms with Crippen LogP contribution in [0.15, 0.2) is 0 Å². The molecule has 1 heterocycles. The lowest BCUT2D eigenvalue weighted by Gasteiger charge is -2.22. The number of amides is 1. The Kier molecular flexibility index (Phi) is 7.79. The third-order valence-corrected chi connectivity index (χ3v) is 6.29. The third kappa shape index (κ3) is 6.22. The maximum Gasteiger partial charge on any atom is 0.222 e. The summed E-state index contributed by atoms with van der Waals surface area (Å²) in [5.74, 6) is 0.458. The smallest absolute Gasteiger partial charge is 0.222 e. The lowest BCUT2D eigenvalue weighted by atomic mass is 10.0. The first kappa shape index (κ1) is 19.4. The zero-order chi connectivity index (χ0) is 16.8. The summed E-state index contributed by atoms with van der Waals surface area (Å²) in [6, 6.07) is 0.0887. The fourth-order valence-corrected chi connectivity index (χ4v) is 4.07. The first-order chi connectivity index (χ1) is 10.2. The number of nitrogens with zero attached hydrogens (tertiary/aromatic N) is 2. The third-order valence-electron chi connectivity index (χ3n) is 4.33. The number of carbonyl (C=O) groups excluding carboxylic acids is 1. The second-order valence-corrected chi connectivity index (χ2v) is 8.63. The Labute approximate surface area is 135 Å². The first-order valence-electron chi connectivity index (χ1n) is 8.21. The Morgan fingerprint density at radius 1 is 1.27 bits per heavy atom. The number of nitrogens with two attached hydrogens (primary N) is 1. The average molecular weight is 333 g/mol. The Balaban J connectivity index is 2.27. The molecule has 6 nitrogen and oxygen atoms in total. The van der Waals surface area contributed by atoms with E-state index in [1.807, 2.05) is 0 Å². The van der Waals surface area contributed by atoms with Gasteiger partial charge in [-0.05, 0) is 31.6 Å². The van der Waals surface area contributed by atoms with E-state index in [0.717, 1.165) is 19.3 Å². The predicted octanol–water partition coefficient (Wildman–Crippen LogP) is 1.02. The lowest BCUT2D eigenvalue weighted by Crippen LogP contribution is -2.35. The summed E-state index contributed by atoms with van der Waals surface area (Å²) in [4.78, 5) is 13.7. The molecule has 130 valence electrons. The highest BCUT2D eigenvalue weighted by Crippen LogP contribution is 2.14. The van der Waals surface area contributed by atoms with Crippen LogP contribution in [0.25, 0.3) is 0 Å². The molecule has 0 saturated carbocycles. The van der Waals surface area contributed by atoms with Crippen molar-refractivity contribution in [3.63, 3.8) is 0 Å². The van der Waals surface area contributed by atoms with Gasteiger partial charge in [0.05, 0.1) is 5.75 Å². The largest absolute Gasteiger partial charge is 0.346 e. The highest BCUT2D eigenvalue weighted by molar-refractivity contribution is 7.89. The second kappa shape index (κ2) is 8.84. The molecule has 1 unspecified atom stereocenters. The van der Waals surface area contributed by atoms with Crippen molar-refractivity contribution in [2.45, 2.75) is 52.0 Å². The molecule has 0 bridgehead atoms. The van der Waals surface area contributed by atoms with Crippen LogP contribution in [0.5, 0.6) is 0 Å². The van der Waals surface area contributed by atoms with Crippen molar-refractivity contribution in [1.82, 2.24) is 9.21 Å². The maximum absolute atomic E-state index is 12.1. The first-order valence-corrected chi connectivity index (χ1v) is 9.82. The van der Waals surface area contributed by atoms with E-state index in [4.69, 9.17) is 5.73 Å². The van der Waals surface area contributed by atoms with Gasteiger partial charge in [0.15, 0.2) is 0 Å². The van der Waals surface area contributed by atoms with Crippen molar-refractivity contribution >= 4 is 15.9 Å². The minimum atomic E-state index is -3.18. The molecule has 22 heavy (non-hydrogen) atoms. The molecule has 0 aromatic rings. The van der Waals surface area contributed by atoms with Crippen LogP contribution in [-0.2, 0) is 14.8 Å². The zero-order valence-electron chi connectivity index (χ0n) is 14.1. The van der Waals surface area contributed by atoms with Gasteiger partial charge in [0.2, 0.25) is 15.9 Å². The summed E-state index contributed by atoms with van der Waals surface area (Å²) in [5.41, 5.74) is 5.97. The molecule has 0 aromatic heterocycles. The molecular formula is C15H31N3O3S. The highest BCUT2D eigenvalue weighted by atomic mass is 32.2. The van der Waals surface area contributed by atoms with Crippen LogP contribution in [0.4, 0.5) is 0 Å². The molecule has 1 saturated heterocycles. The topological polar surface area (TPSA) is 83.7 Å². The standard InChI is InChI=1S/C15H31N3O3S/c1-13(2)14(16)8-11-17(3)15(19)7-6-12-22(20,21)18-9-4-5-10-18/h13-14H,4-12,16H2,1-3H3. The monoisotopic (exact) mass is 333 g/mol. The van der Waals surface area contributed by atoms with Gasteiger partial charge in [-0.15, -0.1) is 0 Å². The van der Waals surface area contributed by atoms with Gasteiger partial charge in [-0.25, -0.2) is 12.7 Å². The van der Waals surface area contributed by atoms with Gasteiger partial charge in [-0.2, -0.15) is 0 Å². The molecule has 0 radical (unpaired) electrons. The molecule has 0 spiro atoms. The van der Waals surface area contributed by atoms with Crippen molar-refractivity contribution in [3.8, 4) is 0 Å². The normalized spacial score (nSPS) is 17.9. The molecular weight excluding hydrogens is 302 g/mol. The minimum absolute atomic E-state index is 0.00687. The number of rotatable bonds is 9. The Morgan fingerprint density at radius 2 is 1.86 bits per heavy atom. The summed E-state index contributed by atoms with van der Waals surface area (Å²) in [5, 5.41) is 0. The molecule has 1 rings (SSSR count). The second-order valence-electron chi connectivity index (χ2n) is 6.54. The predicted molar refractivity (Wildman–Crippen MR) is 88.9 cm³/mol. The van der Waals surface area contributed by atoms with Crippen molar-refractivity contribution in [3.05, 3.63) is 0 Å². The molecule has 2 N–H and O–H groups in total. The van der Waals surface area contributed by atoms with E-state index in [1.54, 1.807) is 16.3 Å². The van der Waals surface area contributed by atoms with Crippen LogP contribution in [0, 0.1) is 5.92 Å². The van der Waals surface area contributed by atoms with Gasteiger partial charge in [0.1, 0.15) is 0 Å². The van der Waals surface area contributed by atoms with E-state index in [9.17, 15) is 13.2 Å². The molecule has 1 aliphatic heterocycles. The fourth-order valence-electron chi connectivity index (χ4n) is 2.49. The average Bonchev–Trinajstić information content (AvgIpc) is 2.98. The van der Waals surface area contributed by atoms with Crippen LogP contribution in [0.3, 0.4) is 0 Å². The summed E-state index contributed by atoms with van der Waals surface area (Å²) < 4.78 is 25.7. The van der Waals surface area contributed by atoms with Gasteiger partial charge in [0, 0.05) is 39.1 Å². The molecule has 0 aromatic carbocycles. The quantitative estimate of drug-likeness (QED) is 0.683. The van der Waals surface area contributed by atoms with Gasteiger partial charge < -0.3 is 10.6 Å². The fraction of sp³-hybridized carbons (Fsp3) is 0.933. The number of hydrogen-bond acceptors (Lipinski definition) is 4. The van der Waals surface area contributed by atoms with E-state index in [2.05, 4.69) is 13.8 Å². The van der Waals surface area contributed by atoms with E-state index in [-0.39, 0.29) is 24.1 Å². The van der Waals surface area contributed by atoms with Gasteiger partial charge in [-0.3, -0.25) is 4.79 Å². The van der Waals surface area contributed by atoms with Crippen LogP contribution < -0.4 is 5.73 Å².